The molecule has 0 aromatic carbocycles. The summed E-state index contributed by atoms with van der Waals surface area (Å²) < 4.78 is 16.8. The number of aromatic nitrogens is 3. The van der Waals surface area contributed by atoms with Gasteiger partial charge in [-0.1, -0.05) is 0 Å². The second-order valence-electron chi connectivity index (χ2n) is 2.76. The number of aryl methyl sites for hydroxylation is 1. The molecule has 0 saturated carbocycles. The molecule has 14 heavy (non-hydrogen) atoms. The summed E-state index contributed by atoms with van der Waals surface area (Å²) in [6, 6.07) is 1.83. The molecule has 0 fully saturated rings. The summed E-state index contributed by atoms with van der Waals surface area (Å²) in [5, 5.41) is 0. The monoisotopic (exact) mass is 210 g/mol. The highest BCUT2D eigenvalue weighted by Gasteiger charge is 2.07. The predicted octanol–water partition coefficient (Wildman–Crippen LogP) is 1.63. The largest absolute Gasteiger partial charge is 0.381 e. The van der Waals surface area contributed by atoms with Crippen LogP contribution in [-0.2, 0) is 0 Å². The molecule has 0 spiro atoms. The number of nitrogens with zero attached hydrogens (tertiary/aromatic N) is 3. The first-order valence-electron chi connectivity index (χ1n) is 3.88. The molecule has 4 nitrogen and oxygen atoms in total. The Labute approximate surface area is 83.8 Å². The van der Waals surface area contributed by atoms with Crippen molar-refractivity contribution in [3.05, 3.63) is 23.8 Å². The first-order chi connectivity index (χ1) is 6.66. The molecular formula is C8H7FN4S. The molecule has 72 valence electrons. The average Bonchev–Trinajstić information content (AvgIpc) is 2.57. The van der Waals surface area contributed by atoms with Gasteiger partial charge in [0.25, 0.3) is 0 Å². The Morgan fingerprint density at radius 3 is 2.86 bits per heavy atom. The number of nitrogens with two attached hydrogens (primary N) is 1. The maximum absolute atomic E-state index is 12.8. The number of halogens is 1. The van der Waals surface area contributed by atoms with Crippen LogP contribution in [0.5, 0.6) is 0 Å². The molecule has 0 aliphatic heterocycles. The third-order valence-corrected chi connectivity index (χ3v) is 2.50. The molecule has 0 unspecified atom stereocenters. The number of hydrogen-bond acceptors (Lipinski definition) is 5. The lowest BCUT2D eigenvalue weighted by Crippen LogP contribution is -1.98. The van der Waals surface area contributed by atoms with Gasteiger partial charge < -0.3 is 5.73 Å². The Hall–Kier alpha value is -1.56. The van der Waals surface area contributed by atoms with E-state index in [9.17, 15) is 4.39 Å². The van der Waals surface area contributed by atoms with Crippen LogP contribution in [0.25, 0.3) is 10.7 Å². The van der Waals surface area contributed by atoms with E-state index in [2.05, 4.69) is 14.3 Å². The van der Waals surface area contributed by atoms with Crippen molar-refractivity contribution in [2.75, 3.05) is 5.73 Å². The normalized spacial score (nSPS) is 10.4. The molecular weight excluding hydrogens is 203 g/mol. The van der Waals surface area contributed by atoms with Gasteiger partial charge in [0.15, 0.2) is 17.5 Å². The maximum atomic E-state index is 12.8. The molecule has 0 aliphatic rings. The van der Waals surface area contributed by atoms with Gasteiger partial charge in [-0.3, -0.25) is 0 Å². The third kappa shape index (κ3) is 1.56. The van der Waals surface area contributed by atoms with Crippen LogP contribution in [0.15, 0.2) is 12.3 Å². The lowest BCUT2D eigenvalue weighted by molar-refractivity contribution is 0.620. The Kier molecular flexibility index (Phi) is 2.12. The minimum atomic E-state index is -0.602. The van der Waals surface area contributed by atoms with Crippen LogP contribution in [-0.4, -0.2) is 14.3 Å². The summed E-state index contributed by atoms with van der Waals surface area (Å²) in [7, 11) is 0. The standard InChI is InChI=1S/C8H7FN4S/c1-4-2-6(14-13-4)8-11-3-5(9)7(10)12-8/h2-3H,1H3,(H2,10,11,12). The molecule has 6 heteroatoms. The fourth-order valence-corrected chi connectivity index (χ4v) is 1.67. The lowest BCUT2D eigenvalue weighted by atomic mass is 10.4. The van der Waals surface area contributed by atoms with Crippen LogP contribution in [0, 0.1) is 12.7 Å². The highest BCUT2D eigenvalue weighted by atomic mass is 32.1. The van der Waals surface area contributed by atoms with Crippen LogP contribution < -0.4 is 5.73 Å². The topological polar surface area (TPSA) is 64.7 Å². The highest BCUT2D eigenvalue weighted by molar-refractivity contribution is 7.09. The number of nitrogen functional groups attached to an aromatic ring is 1. The van der Waals surface area contributed by atoms with Crippen LogP contribution in [0.3, 0.4) is 0 Å². The van der Waals surface area contributed by atoms with Gasteiger partial charge in [0.1, 0.15) is 0 Å². The quantitative estimate of drug-likeness (QED) is 0.776. The summed E-state index contributed by atoms with van der Waals surface area (Å²) in [5.41, 5.74) is 6.21. The van der Waals surface area contributed by atoms with Gasteiger partial charge >= 0.3 is 0 Å². The second-order valence-corrected chi connectivity index (χ2v) is 3.56. The van der Waals surface area contributed by atoms with Crippen molar-refractivity contribution in [3.8, 4) is 10.7 Å². The Morgan fingerprint density at radius 1 is 1.50 bits per heavy atom. The number of anilines is 1. The summed E-state index contributed by atoms with van der Waals surface area (Å²) >= 11 is 1.26. The fraction of sp³-hybridized carbons (Fsp3) is 0.125. The zero-order valence-corrected chi connectivity index (χ0v) is 8.18. The molecule has 0 atom stereocenters. The van der Waals surface area contributed by atoms with E-state index in [1.165, 1.54) is 11.5 Å². The lowest BCUT2D eigenvalue weighted by Gasteiger charge is -1.97. The SMILES string of the molecule is Cc1cc(-c2ncc(F)c(N)n2)sn1. The van der Waals surface area contributed by atoms with Gasteiger partial charge in [-0.2, -0.15) is 4.37 Å². The van der Waals surface area contributed by atoms with Gasteiger partial charge in [0, 0.05) is 0 Å². The van der Waals surface area contributed by atoms with E-state index >= 15 is 0 Å². The molecule has 2 rings (SSSR count). The van der Waals surface area contributed by atoms with E-state index in [4.69, 9.17) is 5.73 Å². The maximum Gasteiger partial charge on any atom is 0.183 e. The summed E-state index contributed by atoms with van der Waals surface area (Å²) in [6.07, 6.45) is 1.06. The van der Waals surface area contributed by atoms with E-state index in [-0.39, 0.29) is 5.82 Å². The van der Waals surface area contributed by atoms with E-state index in [1.807, 2.05) is 13.0 Å². The van der Waals surface area contributed by atoms with Gasteiger partial charge in [0.2, 0.25) is 0 Å². The summed E-state index contributed by atoms with van der Waals surface area (Å²) in [5.74, 6) is -0.328. The smallest absolute Gasteiger partial charge is 0.183 e. The molecule has 0 radical (unpaired) electrons. The molecule has 2 aromatic rings. The zero-order valence-electron chi connectivity index (χ0n) is 7.36. The van der Waals surface area contributed by atoms with Gasteiger partial charge in [-0.05, 0) is 24.5 Å². The van der Waals surface area contributed by atoms with Crippen molar-refractivity contribution in [3.63, 3.8) is 0 Å². The first-order valence-corrected chi connectivity index (χ1v) is 4.66. The van der Waals surface area contributed by atoms with Gasteiger partial charge in [-0.25, -0.2) is 14.4 Å². The van der Waals surface area contributed by atoms with E-state index in [0.29, 0.717) is 5.82 Å². The molecule has 2 aromatic heterocycles. The van der Waals surface area contributed by atoms with Crippen LogP contribution in [0.1, 0.15) is 5.69 Å². The van der Waals surface area contributed by atoms with Crippen LogP contribution in [0.4, 0.5) is 10.2 Å². The first kappa shape index (κ1) is 9.01. The fourth-order valence-electron chi connectivity index (χ4n) is 0.968. The predicted molar refractivity (Wildman–Crippen MR) is 52.2 cm³/mol. The van der Waals surface area contributed by atoms with Gasteiger partial charge in [0.05, 0.1) is 16.8 Å². The molecule has 0 bridgehead atoms. The number of rotatable bonds is 1. The van der Waals surface area contributed by atoms with Crippen LogP contribution in [0.2, 0.25) is 0 Å². The van der Waals surface area contributed by atoms with Crippen molar-refractivity contribution in [1.82, 2.24) is 14.3 Å². The molecule has 0 amide bonds. The second kappa shape index (κ2) is 3.30. The average molecular weight is 210 g/mol. The van der Waals surface area contributed by atoms with Crippen molar-refractivity contribution in [2.24, 2.45) is 0 Å². The minimum absolute atomic E-state index is 0.138. The van der Waals surface area contributed by atoms with E-state index in [0.717, 1.165) is 16.8 Å². The summed E-state index contributed by atoms with van der Waals surface area (Å²) in [6.45, 7) is 1.87. The van der Waals surface area contributed by atoms with Gasteiger partial charge in [-0.15, -0.1) is 0 Å². The van der Waals surface area contributed by atoms with Crippen molar-refractivity contribution >= 4 is 17.4 Å². The third-order valence-electron chi connectivity index (χ3n) is 1.62. The van der Waals surface area contributed by atoms with Crippen LogP contribution >= 0.6 is 11.5 Å². The van der Waals surface area contributed by atoms with Crippen molar-refractivity contribution in [1.29, 1.82) is 0 Å². The van der Waals surface area contributed by atoms with Crippen molar-refractivity contribution < 1.29 is 4.39 Å². The molecule has 2 heterocycles. The van der Waals surface area contributed by atoms with E-state index < -0.39 is 5.82 Å². The number of hydrogen-bond donors (Lipinski definition) is 1. The minimum Gasteiger partial charge on any atom is -0.381 e. The van der Waals surface area contributed by atoms with E-state index in [1.54, 1.807) is 0 Å². The summed E-state index contributed by atoms with van der Waals surface area (Å²) in [4.78, 5) is 8.43. The van der Waals surface area contributed by atoms with Crippen molar-refractivity contribution in [2.45, 2.75) is 6.92 Å². The Balaban J connectivity index is 2.47. The Bertz CT molecular complexity index is 468. The Morgan fingerprint density at radius 2 is 2.29 bits per heavy atom. The highest BCUT2D eigenvalue weighted by Crippen LogP contribution is 2.21. The molecule has 2 N–H and O–H groups in total. The zero-order chi connectivity index (χ0) is 10.1. The molecule has 0 aliphatic carbocycles. The molecule has 0 saturated heterocycles.